The molecule has 0 heterocycles. The van der Waals surface area contributed by atoms with Crippen LogP contribution in [-0.2, 0) is 4.79 Å². The van der Waals surface area contributed by atoms with Crippen LogP contribution in [0.2, 0.25) is 0 Å². The van der Waals surface area contributed by atoms with Gasteiger partial charge >= 0.3 is 0 Å². The molecule has 16 heavy (non-hydrogen) atoms. The van der Waals surface area contributed by atoms with Gasteiger partial charge in [-0.05, 0) is 12.8 Å². The number of halogens is 3. The Hall–Kier alpha value is -1.56. The molecule has 2 rings (SSSR count). The van der Waals surface area contributed by atoms with Gasteiger partial charge in [-0.25, -0.2) is 13.2 Å². The minimum atomic E-state index is -1.30. The Bertz CT molecular complexity index is 458. The topological polar surface area (TPSA) is 55.1 Å². The maximum Gasteiger partial charge on any atom is 0.244 e. The summed E-state index contributed by atoms with van der Waals surface area (Å²) in [6, 6.07) is 0.968. The van der Waals surface area contributed by atoms with Crippen LogP contribution in [-0.4, -0.2) is 11.4 Å². The highest BCUT2D eigenvalue weighted by Gasteiger charge is 2.46. The Balaban J connectivity index is 2.21. The van der Waals surface area contributed by atoms with Gasteiger partial charge in [0.25, 0.3) is 0 Å². The Morgan fingerprint density at radius 1 is 1.19 bits per heavy atom. The molecule has 3 nitrogen and oxygen atoms in total. The van der Waals surface area contributed by atoms with Crippen LogP contribution in [0.5, 0.6) is 0 Å². The molecule has 1 aliphatic carbocycles. The first-order valence-corrected chi connectivity index (χ1v) is 4.67. The van der Waals surface area contributed by atoms with Crippen molar-refractivity contribution in [3.63, 3.8) is 0 Å². The van der Waals surface area contributed by atoms with E-state index in [-0.39, 0.29) is 0 Å². The van der Waals surface area contributed by atoms with Crippen LogP contribution in [0, 0.1) is 17.5 Å². The summed E-state index contributed by atoms with van der Waals surface area (Å²) in [6.45, 7) is 0. The molecule has 0 saturated heterocycles. The number of amides is 1. The highest BCUT2D eigenvalue weighted by molar-refractivity contribution is 6.00. The Morgan fingerprint density at radius 2 is 1.75 bits per heavy atom. The monoisotopic (exact) mass is 230 g/mol. The molecular formula is C10H9F3N2O. The average molecular weight is 230 g/mol. The van der Waals surface area contributed by atoms with Gasteiger partial charge in [0.05, 0.1) is 11.2 Å². The third kappa shape index (κ3) is 1.88. The van der Waals surface area contributed by atoms with E-state index in [2.05, 4.69) is 5.32 Å². The molecule has 0 atom stereocenters. The zero-order valence-corrected chi connectivity index (χ0v) is 8.19. The van der Waals surface area contributed by atoms with Gasteiger partial charge in [0.2, 0.25) is 5.91 Å². The molecule has 0 spiro atoms. The largest absolute Gasteiger partial charge is 0.322 e. The van der Waals surface area contributed by atoms with Crippen LogP contribution in [0.4, 0.5) is 18.9 Å². The van der Waals surface area contributed by atoms with Crippen molar-refractivity contribution in [2.45, 2.75) is 18.4 Å². The van der Waals surface area contributed by atoms with Crippen molar-refractivity contribution in [2.75, 3.05) is 5.32 Å². The van der Waals surface area contributed by atoms with E-state index >= 15 is 0 Å². The van der Waals surface area contributed by atoms with E-state index in [9.17, 15) is 18.0 Å². The van der Waals surface area contributed by atoms with E-state index in [1.807, 2.05) is 0 Å². The number of carbonyl (C=O) groups is 1. The highest BCUT2D eigenvalue weighted by Crippen LogP contribution is 2.33. The smallest absolute Gasteiger partial charge is 0.244 e. The van der Waals surface area contributed by atoms with Crippen molar-refractivity contribution in [2.24, 2.45) is 5.73 Å². The number of anilines is 1. The second-order valence-corrected chi connectivity index (χ2v) is 3.86. The summed E-state index contributed by atoms with van der Waals surface area (Å²) in [6.07, 6.45) is 1.01. The first kappa shape index (κ1) is 10.9. The number of carbonyl (C=O) groups excluding carboxylic acids is 1. The summed E-state index contributed by atoms with van der Waals surface area (Å²) in [5.41, 5.74) is 4.16. The van der Waals surface area contributed by atoms with Crippen LogP contribution < -0.4 is 11.1 Å². The number of hydrogen-bond acceptors (Lipinski definition) is 2. The van der Waals surface area contributed by atoms with Crippen LogP contribution in [0.1, 0.15) is 12.8 Å². The third-order valence-corrected chi connectivity index (χ3v) is 2.50. The molecule has 0 radical (unpaired) electrons. The van der Waals surface area contributed by atoms with Crippen LogP contribution in [0.15, 0.2) is 12.1 Å². The molecule has 1 aliphatic rings. The molecule has 1 amide bonds. The lowest BCUT2D eigenvalue weighted by molar-refractivity contribution is -0.118. The Labute approximate surface area is 89.4 Å². The first-order chi connectivity index (χ1) is 7.42. The molecule has 0 aliphatic heterocycles. The van der Waals surface area contributed by atoms with E-state index in [1.165, 1.54) is 0 Å². The summed E-state index contributed by atoms with van der Waals surface area (Å²) in [7, 11) is 0. The van der Waals surface area contributed by atoms with Gasteiger partial charge in [-0.1, -0.05) is 0 Å². The number of benzene rings is 1. The fourth-order valence-electron chi connectivity index (χ4n) is 1.23. The third-order valence-electron chi connectivity index (χ3n) is 2.50. The van der Waals surface area contributed by atoms with Crippen molar-refractivity contribution in [1.29, 1.82) is 0 Å². The fourth-order valence-corrected chi connectivity index (χ4v) is 1.23. The summed E-state index contributed by atoms with van der Waals surface area (Å²) in [5.74, 6) is -4.14. The second-order valence-electron chi connectivity index (χ2n) is 3.86. The van der Waals surface area contributed by atoms with Crippen molar-refractivity contribution in [3.8, 4) is 0 Å². The molecular weight excluding hydrogens is 221 g/mol. The number of nitrogens with two attached hydrogens (primary N) is 1. The lowest BCUT2D eigenvalue weighted by atomic mass is 10.2. The van der Waals surface area contributed by atoms with Crippen LogP contribution in [0.25, 0.3) is 0 Å². The van der Waals surface area contributed by atoms with Gasteiger partial charge in [-0.15, -0.1) is 0 Å². The van der Waals surface area contributed by atoms with Gasteiger partial charge in [0.1, 0.15) is 5.82 Å². The molecule has 0 aromatic heterocycles. The fraction of sp³-hybridized carbons (Fsp3) is 0.300. The molecule has 0 bridgehead atoms. The summed E-state index contributed by atoms with van der Waals surface area (Å²) in [4.78, 5) is 11.4. The van der Waals surface area contributed by atoms with E-state index in [4.69, 9.17) is 5.73 Å². The Morgan fingerprint density at radius 3 is 2.31 bits per heavy atom. The quantitative estimate of drug-likeness (QED) is 0.757. The van der Waals surface area contributed by atoms with E-state index in [0.717, 1.165) is 0 Å². The Kier molecular flexibility index (Phi) is 2.38. The first-order valence-electron chi connectivity index (χ1n) is 4.67. The summed E-state index contributed by atoms with van der Waals surface area (Å²) >= 11 is 0. The number of rotatable bonds is 2. The van der Waals surface area contributed by atoms with E-state index in [0.29, 0.717) is 25.0 Å². The minimum absolute atomic E-state index is 0.376. The normalized spacial score (nSPS) is 17.0. The lowest BCUT2D eigenvalue weighted by Crippen LogP contribution is -2.38. The molecule has 1 aromatic rings. The van der Waals surface area contributed by atoms with Gasteiger partial charge in [-0.2, -0.15) is 0 Å². The minimum Gasteiger partial charge on any atom is -0.322 e. The van der Waals surface area contributed by atoms with Crippen molar-refractivity contribution in [3.05, 3.63) is 29.6 Å². The van der Waals surface area contributed by atoms with E-state index < -0.39 is 34.6 Å². The molecule has 1 fully saturated rings. The number of nitrogens with one attached hydrogen (secondary N) is 1. The average Bonchev–Trinajstić information content (AvgIpc) is 2.94. The molecule has 86 valence electrons. The van der Waals surface area contributed by atoms with Gasteiger partial charge < -0.3 is 11.1 Å². The molecule has 1 aromatic carbocycles. The second kappa shape index (κ2) is 3.48. The highest BCUT2D eigenvalue weighted by atomic mass is 19.2. The molecule has 6 heteroatoms. The SMILES string of the molecule is NC1(C(=O)Nc2cc(F)c(F)cc2F)CC1. The van der Waals surface area contributed by atoms with Crippen LogP contribution in [0.3, 0.4) is 0 Å². The predicted molar refractivity (Wildman–Crippen MR) is 51.1 cm³/mol. The maximum atomic E-state index is 13.1. The number of hydrogen-bond donors (Lipinski definition) is 2. The van der Waals surface area contributed by atoms with Crippen LogP contribution >= 0.6 is 0 Å². The lowest BCUT2D eigenvalue weighted by Gasteiger charge is -2.10. The zero-order valence-electron chi connectivity index (χ0n) is 8.19. The summed E-state index contributed by atoms with van der Waals surface area (Å²) in [5, 5.41) is 2.14. The van der Waals surface area contributed by atoms with E-state index in [1.54, 1.807) is 0 Å². The van der Waals surface area contributed by atoms with Crippen molar-refractivity contribution < 1.29 is 18.0 Å². The molecule has 0 unspecified atom stereocenters. The maximum absolute atomic E-state index is 13.1. The summed E-state index contributed by atoms with van der Waals surface area (Å²) < 4.78 is 38.5. The molecule has 3 N–H and O–H groups in total. The molecule has 1 saturated carbocycles. The van der Waals surface area contributed by atoms with Gasteiger partial charge in [0, 0.05) is 12.1 Å². The van der Waals surface area contributed by atoms with Gasteiger partial charge in [0.15, 0.2) is 11.6 Å². The van der Waals surface area contributed by atoms with Gasteiger partial charge in [-0.3, -0.25) is 4.79 Å². The van der Waals surface area contributed by atoms with Crippen molar-refractivity contribution >= 4 is 11.6 Å². The van der Waals surface area contributed by atoms with Crippen molar-refractivity contribution in [1.82, 2.24) is 0 Å². The standard InChI is InChI=1S/C10H9F3N2O/c11-5-3-7(13)8(4-6(5)12)15-9(16)10(14)1-2-10/h3-4H,1-2,14H2,(H,15,16). The zero-order chi connectivity index (χ0) is 11.9. The predicted octanol–water partition coefficient (Wildman–Crippen LogP) is 1.53.